The number of ether oxygens (including phenoxy) is 1. The van der Waals surface area contributed by atoms with E-state index in [-0.39, 0.29) is 23.0 Å². The van der Waals surface area contributed by atoms with E-state index < -0.39 is 22.7 Å². The zero-order valence-corrected chi connectivity index (χ0v) is 34.4. The predicted octanol–water partition coefficient (Wildman–Crippen LogP) is 10.8. The summed E-state index contributed by atoms with van der Waals surface area (Å²) in [6.07, 6.45) is 8.35. The number of carbonyl (C=O) groups excluding carboxylic acids is 1. The summed E-state index contributed by atoms with van der Waals surface area (Å²) >= 11 is 0. The molecule has 50 heavy (non-hydrogen) atoms. The predicted molar refractivity (Wildman–Crippen MR) is 216 cm³/mol. The van der Waals surface area contributed by atoms with Crippen molar-refractivity contribution in [2.24, 2.45) is 5.92 Å². The molecule has 6 heteroatoms. The third-order valence-corrected chi connectivity index (χ3v) is 22.0. The fourth-order valence-corrected chi connectivity index (χ4v) is 18.5. The van der Waals surface area contributed by atoms with Gasteiger partial charge in [0.2, 0.25) is 0 Å². The van der Waals surface area contributed by atoms with Crippen molar-refractivity contribution >= 4 is 33.0 Å². The second kappa shape index (κ2) is 16.9. The molecule has 1 heterocycles. The second-order valence-electron chi connectivity index (χ2n) is 16.2. The first-order valence-electron chi connectivity index (χ1n) is 18.8. The van der Waals surface area contributed by atoms with E-state index in [0.29, 0.717) is 47.2 Å². The summed E-state index contributed by atoms with van der Waals surface area (Å²) in [5.41, 5.74) is 2.61. The lowest BCUT2D eigenvalue weighted by atomic mass is 9.94. The fraction of sp³-hybridized carbons (Fsp3) is 0.477. The van der Waals surface area contributed by atoms with Gasteiger partial charge in [0.05, 0.1) is 6.10 Å². The van der Waals surface area contributed by atoms with Gasteiger partial charge in [-0.1, -0.05) is 160 Å². The SMILES string of the molecule is C=CC[C@H]1C[C@@H](O[Si](c2ccccc2)(c2ccccc2)C(C)(C)C)[C@@H](C)C/C=C/Cc2cccc(O[Si](C(C)C)(C(C)C)C(C)C)c2C(=O)O1. The number of hydrogen-bond acceptors (Lipinski definition) is 4. The third kappa shape index (κ3) is 8.29. The molecular formula is C44H62O4Si2. The Balaban J connectivity index is 1.82. The average molecular weight is 711 g/mol. The fourth-order valence-electron chi connectivity index (χ4n) is 8.44. The quantitative estimate of drug-likeness (QED) is 0.113. The molecular weight excluding hydrogens is 649 g/mol. The van der Waals surface area contributed by atoms with Crippen molar-refractivity contribution in [3.8, 4) is 5.75 Å². The van der Waals surface area contributed by atoms with Crippen LogP contribution in [0.5, 0.6) is 5.75 Å². The van der Waals surface area contributed by atoms with Crippen molar-refractivity contribution in [1.29, 1.82) is 0 Å². The minimum atomic E-state index is -2.87. The van der Waals surface area contributed by atoms with E-state index in [9.17, 15) is 4.79 Å². The number of cyclic esters (lactones) is 1. The van der Waals surface area contributed by atoms with Crippen LogP contribution in [0, 0.1) is 5.92 Å². The highest BCUT2D eigenvalue weighted by molar-refractivity contribution is 6.99. The Morgan fingerprint density at radius 2 is 1.40 bits per heavy atom. The molecule has 0 unspecified atom stereocenters. The maximum absolute atomic E-state index is 14.5. The van der Waals surface area contributed by atoms with E-state index in [4.69, 9.17) is 13.6 Å². The number of hydrogen-bond donors (Lipinski definition) is 0. The van der Waals surface area contributed by atoms with Gasteiger partial charge in [0.25, 0.3) is 16.6 Å². The maximum atomic E-state index is 14.5. The van der Waals surface area contributed by atoms with Crippen LogP contribution in [0.3, 0.4) is 0 Å². The van der Waals surface area contributed by atoms with E-state index in [0.717, 1.165) is 12.0 Å². The molecule has 3 aromatic carbocycles. The molecule has 1 aliphatic heterocycles. The normalized spacial score (nSPS) is 20.1. The van der Waals surface area contributed by atoms with Crippen molar-refractivity contribution in [2.45, 2.75) is 129 Å². The lowest BCUT2D eigenvalue weighted by molar-refractivity contribution is 0.0101. The van der Waals surface area contributed by atoms with Gasteiger partial charge in [0.1, 0.15) is 17.4 Å². The summed E-state index contributed by atoms with van der Waals surface area (Å²) in [5, 5.41) is 2.31. The van der Waals surface area contributed by atoms with Crippen LogP contribution in [0.15, 0.2) is 104 Å². The highest BCUT2D eigenvalue weighted by Gasteiger charge is 2.52. The molecule has 4 rings (SSSR count). The van der Waals surface area contributed by atoms with Crippen LogP contribution < -0.4 is 14.8 Å². The van der Waals surface area contributed by atoms with Crippen LogP contribution in [-0.4, -0.2) is 34.8 Å². The van der Waals surface area contributed by atoms with Gasteiger partial charge in [0, 0.05) is 12.8 Å². The Hall–Kier alpha value is -3.20. The molecule has 0 aliphatic carbocycles. The van der Waals surface area contributed by atoms with E-state index in [1.165, 1.54) is 10.4 Å². The molecule has 0 saturated carbocycles. The molecule has 4 nitrogen and oxygen atoms in total. The van der Waals surface area contributed by atoms with Crippen molar-refractivity contribution in [2.75, 3.05) is 0 Å². The average Bonchev–Trinajstić information content (AvgIpc) is 3.06. The molecule has 0 spiro atoms. The van der Waals surface area contributed by atoms with Crippen molar-refractivity contribution < 1.29 is 18.4 Å². The van der Waals surface area contributed by atoms with Crippen LogP contribution >= 0.6 is 0 Å². The topological polar surface area (TPSA) is 44.8 Å². The number of benzene rings is 3. The van der Waals surface area contributed by atoms with Crippen LogP contribution in [0.1, 0.15) is 104 Å². The van der Waals surface area contributed by atoms with Crippen molar-refractivity contribution in [1.82, 2.24) is 0 Å². The molecule has 1 aliphatic rings. The summed E-state index contributed by atoms with van der Waals surface area (Å²) < 4.78 is 21.5. The Morgan fingerprint density at radius 1 is 0.840 bits per heavy atom. The molecule has 0 N–H and O–H groups in total. The molecule has 0 bridgehead atoms. The highest BCUT2D eigenvalue weighted by atomic mass is 28.4. The molecule has 0 saturated heterocycles. The highest BCUT2D eigenvalue weighted by Crippen LogP contribution is 2.44. The Kier molecular flexibility index (Phi) is 13.4. The van der Waals surface area contributed by atoms with Crippen molar-refractivity contribution in [3.63, 3.8) is 0 Å². The van der Waals surface area contributed by atoms with E-state index >= 15 is 0 Å². The summed E-state index contributed by atoms with van der Waals surface area (Å²) in [6.45, 7) is 26.9. The van der Waals surface area contributed by atoms with Gasteiger partial charge in [-0.2, -0.15) is 0 Å². The first-order chi connectivity index (χ1) is 23.7. The van der Waals surface area contributed by atoms with Crippen LogP contribution in [0.4, 0.5) is 0 Å². The smallest absolute Gasteiger partial charge is 0.342 e. The molecule has 0 radical (unpaired) electrons. The Labute approximate surface area is 305 Å². The van der Waals surface area contributed by atoms with Gasteiger partial charge >= 0.3 is 5.97 Å². The summed E-state index contributed by atoms with van der Waals surface area (Å²) in [5.74, 6) is 0.515. The Morgan fingerprint density at radius 3 is 1.90 bits per heavy atom. The first-order valence-corrected chi connectivity index (χ1v) is 22.8. The first kappa shape index (κ1) is 39.6. The lowest BCUT2D eigenvalue weighted by Crippen LogP contribution is -2.68. The van der Waals surface area contributed by atoms with Crippen LogP contribution in [-0.2, 0) is 15.6 Å². The van der Waals surface area contributed by atoms with Gasteiger partial charge in [-0.15, -0.1) is 6.58 Å². The minimum Gasteiger partial charge on any atom is -0.542 e. The van der Waals surface area contributed by atoms with Gasteiger partial charge < -0.3 is 13.6 Å². The summed E-state index contributed by atoms with van der Waals surface area (Å²) in [7, 11) is -5.22. The largest absolute Gasteiger partial charge is 0.542 e. The molecule has 0 aromatic heterocycles. The van der Waals surface area contributed by atoms with Crippen molar-refractivity contribution in [3.05, 3.63) is 115 Å². The Bertz CT molecular complexity index is 1510. The molecule has 0 amide bonds. The molecule has 270 valence electrons. The molecule has 0 fully saturated rings. The second-order valence-corrected chi connectivity index (χ2v) is 25.8. The summed E-state index contributed by atoms with van der Waals surface area (Å²) in [4.78, 5) is 14.5. The zero-order chi connectivity index (χ0) is 36.7. The van der Waals surface area contributed by atoms with Gasteiger partial charge in [-0.3, -0.25) is 0 Å². The van der Waals surface area contributed by atoms with E-state index in [1.54, 1.807) is 0 Å². The van der Waals surface area contributed by atoms with Crippen LogP contribution in [0.2, 0.25) is 21.7 Å². The van der Waals surface area contributed by atoms with Gasteiger partial charge in [-0.25, -0.2) is 4.79 Å². The minimum absolute atomic E-state index is 0.169. The number of esters is 1. The molecule has 3 atom stereocenters. The van der Waals surface area contributed by atoms with E-state index in [1.807, 2.05) is 24.3 Å². The summed E-state index contributed by atoms with van der Waals surface area (Å²) in [6, 6.07) is 27.6. The lowest BCUT2D eigenvalue weighted by Gasteiger charge is -2.46. The van der Waals surface area contributed by atoms with Gasteiger partial charge in [-0.05, 0) is 62.4 Å². The number of allylic oxidation sites excluding steroid dienone is 2. The molecule has 3 aromatic rings. The monoisotopic (exact) mass is 710 g/mol. The maximum Gasteiger partial charge on any atom is 0.342 e. The van der Waals surface area contributed by atoms with E-state index in [2.05, 4.69) is 149 Å². The third-order valence-electron chi connectivity index (χ3n) is 10.9. The number of carbonyl (C=O) groups is 1. The number of fused-ring (bicyclic) bond motifs is 1. The van der Waals surface area contributed by atoms with Crippen LogP contribution in [0.25, 0.3) is 0 Å². The standard InChI is InChI=1S/C44H62O4Si2/c1-12-22-37-31-41(48-50(44(9,10)11,38-26-15-13-16-27-38)39-28-17-14-18-29-39)35(8)23-19-20-24-36-25-21-30-40(42(36)43(45)46-37)47-49(32(2)3,33(4)5)34(6)7/h12-21,25-30,32-35,37,41H,1,22-24,31H2,2-11H3/b20-19+/t35-,37-,41+/m0/s1. The zero-order valence-electron chi connectivity index (χ0n) is 32.4. The number of rotatable bonds is 11. The van der Waals surface area contributed by atoms with Gasteiger partial charge in [0.15, 0.2) is 0 Å².